The Bertz CT molecular complexity index is 695. The van der Waals surface area contributed by atoms with Crippen LogP contribution in [0.25, 0.3) is 0 Å². The van der Waals surface area contributed by atoms with Crippen LogP contribution in [0.5, 0.6) is 5.75 Å². The van der Waals surface area contributed by atoms with E-state index in [1.54, 1.807) is 6.07 Å². The zero-order valence-electron chi connectivity index (χ0n) is 11.5. The summed E-state index contributed by atoms with van der Waals surface area (Å²) in [6.07, 6.45) is 0.712. The number of benzene rings is 2. The third-order valence-electron chi connectivity index (χ3n) is 3.59. The van der Waals surface area contributed by atoms with Crippen LogP contribution >= 0.6 is 0 Å². The summed E-state index contributed by atoms with van der Waals surface area (Å²) in [6, 6.07) is 11.9. The van der Waals surface area contributed by atoms with Gasteiger partial charge in [-0.2, -0.15) is 0 Å². The fourth-order valence-electron chi connectivity index (χ4n) is 2.69. The Morgan fingerprint density at radius 1 is 1.20 bits per heavy atom. The summed E-state index contributed by atoms with van der Waals surface area (Å²) < 4.78 is 5.32. The summed E-state index contributed by atoms with van der Waals surface area (Å²) >= 11 is 0. The molecule has 0 bridgehead atoms. The highest BCUT2D eigenvalue weighted by atomic mass is 16.5. The van der Waals surface area contributed by atoms with Crippen molar-refractivity contribution in [1.82, 2.24) is 0 Å². The lowest BCUT2D eigenvalue weighted by molar-refractivity contribution is -0.131. The van der Waals surface area contributed by atoms with Crippen molar-refractivity contribution in [3.63, 3.8) is 0 Å². The monoisotopic (exact) mass is 268 g/mol. The molecule has 0 fully saturated rings. The Kier molecular flexibility index (Phi) is 2.86. The predicted molar refractivity (Wildman–Crippen MR) is 79.5 cm³/mol. The molecule has 2 aromatic rings. The molecule has 2 aromatic carbocycles. The molecule has 0 saturated carbocycles. The highest BCUT2D eigenvalue weighted by Gasteiger charge is 2.24. The molecule has 0 saturated heterocycles. The number of carbonyl (C=O) groups excluding carboxylic acids is 1. The molecule has 0 spiro atoms. The molecule has 4 nitrogen and oxygen atoms in total. The number of nitrogen functional groups attached to an aromatic ring is 1. The lowest BCUT2D eigenvalue weighted by atomic mass is 9.94. The Labute approximate surface area is 117 Å². The number of nitrogens with two attached hydrogens (primary N) is 1. The van der Waals surface area contributed by atoms with Crippen molar-refractivity contribution in [3.8, 4) is 5.75 Å². The molecule has 0 atom stereocenters. The number of fused-ring (bicyclic) bond motifs is 2. The van der Waals surface area contributed by atoms with Crippen LogP contribution in [-0.2, 0) is 11.2 Å². The first-order valence-electron chi connectivity index (χ1n) is 6.49. The molecule has 2 N–H and O–H groups in total. The number of para-hydroxylation sites is 1. The Hall–Kier alpha value is -2.49. The molecular weight excluding hydrogens is 252 g/mol. The van der Waals surface area contributed by atoms with Crippen LogP contribution in [0.15, 0.2) is 36.4 Å². The number of rotatable bonds is 1. The van der Waals surface area contributed by atoms with Crippen LogP contribution in [0.1, 0.15) is 18.1 Å². The molecule has 0 radical (unpaired) electrons. The fraction of sp³-hybridized carbons (Fsp3) is 0.188. The summed E-state index contributed by atoms with van der Waals surface area (Å²) in [4.78, 5) is 13.4. The standard InChI is InChI=1S/C16H16N2O2/c1-10(19)20-16-12-9-11-5-3-4-6-14(11)18(2)15(12)8-7-13(16)17/h3-8H,9,17H2,1-2H3. The van der Waals surface area contributed by atoms with Gasteiger partial charge in [-0.15, -0.1) is 0 Å². The SMILES string of the molecule is CC(=O)Oc1c(N)ccc2c1Cc1ccccc1N2C. The number of anilines is 3. The molecule has 0 amide bonds. The maximum atomic E-state index is 11.3. The van der Waals surface area contributed by atoms with E-state index >= 15 is 0 Å². The van der Waals surface area contributed by atoms with Gasteiger partial charge in [-0.05, 0) is 23.8 Å². The van der Waals surface area contributed by atoms with Crippen LogP contribution in [-0.4, -0.2) is 13.0 Å². The summed E-state index contributed by atoms with van der Waals surface area (Å²) in [7, 11) is 2.00. The highest BCUT2D eigenvalue weighted by molar-refractivity contribution is 5.82. The van der Waals surface area contributed by atoms with E-state index in [1.807, 2.05) is 25.2 Å². The molecule has 4 heteroatoms. The summed E-state index contributed by atoms with van der Waals surface area (Å²) in [5, 5.41) is 0. The van der Waals surface area contributed by atoms with Crippen molar-refractivity contribution in [2.45, 2.75) is 13.3 Å². The lowest BCUT2D eigenvalue weighted by Gasteiger charge is -2.31. The number of hydrogen-bond donors (Lipinski definition) is 1. The van der Waals surface area contributed by atoms with Crippen molar-refractivity contribution < 1.29 is 9.53 Å². The van der Waals surface area contributed by atoms with Gasteiger partial charge in [0.2, 0.25) is 0 Å². The zero-order chi connectivity index (χ0) is 14.3. The van der Waals surface area contributed by atoms with E-state index in [9.17, 15) is 4.79 Å². The Morgan fingerprint density at radius 3 is 2.70 bits per heavy atom. The molecule has 0 unspecified atom stereocenters. The van der Waals surface area contributed by atoms with Crippen LogP contribution in [0.4, 0.5) is 17.1 Å². The molecular formula is C16H16N2O2. The molecule has 0 aromatic heterocycles. The first-order chi connectivity index (χ1) is 9.58. The minimum Gasteiger partial charge on any atom is -0.424 e. The second-order valence-corrected chi connectivity index (χ2v) is 4.94. The van der Waals surface area contributed by atoms with Crippen molar-refractivity contribution in [2.75, 3.05) is 17.7 Å². The largest absolute Gasteiger partial charge is 0.424 e. The van der Waals surface area contributed by atoms with Crippen molar-refractivity contribution >= 4 is 23.0 Å². The molecule has 102 valence electrons. The first kappa shape index (κ1) is 12.5. The van der Waals surface area contributed by atoms with Gasteiger partial charge in [-0.1, -0.05) is 18.2 Å². The van der Waals surface area contributed by atoms with Gasteiger partial charge < -0.3 is 15.4 Å². The number of esters is 1. The van der Waals surface area contributed by atoms with Crippen molar-refractivity contribution in [3.05, 3.63) is 47.5 Å². The zero-order valence-corrected chi connectivity index (χ0v) is 11.5. The molecule has 0 aliphatic carbocycles. The average Bonchev–Trinajstić information content (AvgIpc) is 2.42. The second-order valence-electron chi connectivity index (χ2n) is 4.94. The van der Waals surface area contributed by atoms with Crippen molar-refractivity contribution in [1.29, 1.82) is 0 Å². The molecule has 3 rings (SSSR count). The number of nitrogens with zero attached hydrogens (tertiary/aromatic N) is 1. The predicted octanol–water partition coefficient (Wildman–Crippen LogP) is 2.87. The maximum Gasteiger partial charge on any atom is 0.308 e. The topological polar surface area (TPSA) is 55.6 Å². The van der Waals surface area contributed by atoms with Gasteiger partial charge in [0.25, 0.3) is 0 Å². The molecule has 1 aliphatic heterocycles. The third-order valence-corrected chi connectivity index (χ3v) is 3.59. The summed E-state index contributed by atoms with van der Waals surface area (Å²) in [6.45, 7) is 1.39. The molecule has 1 aliphatic rings. The van der Waals surface area contributed by atoms with Gasteiger partial charge in [0.1, 0.15) is 0 Å². The summed E-state index contributed by atoms with van der Waals surface area (Å²) in [5.41, 5.74) is 10.8. The normalized spacial score (nSPS) is 12.6. The van der Waals surface area contributed by atoms with E-state index in [0.29, 0.717) is 17.9 Å². The number of hydrogen-bond acceptors (Lipinski definition) is 4. The van der Waals surface area contributed by atoms with E-state index in [4.69, 9.17) is 10.5 Å². The Morgan fingerprint density at radius 2 is 1.95 bits per heavy atom. The third kappa shape index (κ3) is 1.90. The van der Waals surface area contributed by atoms with E-state index < -0.39 is 0 Å². The van der Waals surface area contributed by atoms with Crippen LogP contribution in [0, 0.1) is 0 Å². The fourth-order valence-corrected chi connectivity index (χ4v) is 2.69. The minimum absolute atomic E-state index is 0.355. The summed E-state index contributed by atoms with van der Waals surface area (Å²) in [5.74, 6) is 0.128. The van der Waals surface area contributed by atoms with Gasteiger partial charge >= 0.3 is 5.97 Å². The number of ether oxygens (including phenoxy) is 1. The first-order valence-corrected chi connectivity index (χ1v) is 6.49. The van der Waals surface area contributed by atoms with Crippen LogP contribution in [0.2, 0.25) is 0 Å². The van der Waals surface area contributed by atoms with Gasteiger partial charge in [0.15, 0.2) is 5.75 Å². The molecule has 20 heavy (non-hydrogen) atoms. The minimum atomic E-state index is -0.355. The van der Waals surface area contributed by atoms with Gasteiger partial charge in [-0.3, -0.25) is 4.79 Å². The maximum absolute atomic E-state index is 11.3. The van der Waals surface area contributed by atoms with E-state index in [2.05, 4.69) is 17.0 Å². The van der Waals surface area contributed by atoms with Crippen molar-refractivity contribution in [2.24, 2.45) is 0 Å². The Balaban J connectivity index is 2.17. The average molecular weight is 268 g/mol. The second kappa shape index (κ2) is 4.56. The van der Waals surface area contributed by atoms with E-state index in [-0.39, 0.29) is 5.97 Å². The van der Waals surface area contributed by atoms with E-state index in [1.165, 1.54) is 18.2 Å². The highest BCUT2D eigenvalue weighted by Crippen LogP contribution is 2.43. The van der Waals surface area contributed by atoms with Gasteiger partial charge in [0, 0.05) is 37.3 Å². The van der Waals surface area contributed by atoms with Gasteiger partial charge in [0.05, 0.1) is 5.69 Å². The molecule has 1 heterocycles. The number of carbonyl (C=O) groups is 1. The smallest absolute Gasteiger partial charge is 0.308 e. The van der Waals surface area contributed by atoms with Gasteiger partial charge in [-0.25, -0.2) is 0 Å². The van der Waals surface area contributed by atoms with Crippen LogP contribution < -0.4 is 15.4 Å². The van der Waals surface area contributed by atoms with E-state index in [0.717, 1.165) is 11.3 Å². The van der Waals surface area contributed by atoms with Crippen LogP contribution in [0.3, 0.4) is 0 Å². The lowest BCUT2D eigenvalue weighted by Crippen LogP contribution is -2.20. The quantitative estimate of drug-likeness (QED) is 0.491.